The molecule has 1 aliphatic heterocycles. The molecule has 0 amide bonds. The maximum absolute atomic E-state index is 12.4. The van der Waals surface area contributed by atoms with Gasteiger partial charge in [-0.25, -0.2) is 4.79 Å². The molecular formula is C16H17NO3S. The minimum absolute atomic E-state index is 0.133. The number of hydrogen-bond donors (Lipinski definition) is 1. The van der Waals surface area contributed by atoms with Crippen LogP contribution in [0.1, 0.15) is 37.7 Å². The number of ketones is 1. The van der Waals surface area contributed by atoms with Crippen molar-refractivity contribution < 1.29 is 14.3 Å². The molecule has 0 aromatic carbocycles. The van der Waals surface area contributed by atoms with E-state index in [1.807, 2.05) is 23.8 Å². The van der Waals surface area contributed by atoms with E-state index in [4.69, 9.17) is 4.74 Å². The third kappa shape index (κ3) is 2.31. The van der Waals surface area contributed by atoms with Gasteiger partial charge in [-0.15, -0.1) is 0 Å². The van der Waals surface area contributed by atoms with Crippen molar-refractivity contribution in [2.24, 2.45) is 0 Å². The largest absolute Gasteiger partial charge is 0.466 e. The summed E-state index contributed by atoms with van der Waals surface area (Å²) >= 11 is 1.57. The topological polar surface area (TPSA) is 55.4 Å². The Labute approximate surface area is 127 Å². The number of dihydropyridines is 1. The average Bonchev–Trinajstić information content (AvgIpc) is 2.99. The molecule has 1 aromatic heterocycles. The fourth-order valence-electron chi connectivity index (χ4n) is 3.14. The molecule has 110 valence electrons. The van der Waals surface area contributed by atoms with E-state index in [-0.39, 0.29) is 17.7 Å². The van der Waals surface area contributed by atoms with Crippen LogP contribution in [-0.4, -0.2) is 18.9 Å². The number of Topliss-reactive ketones (excluding diaryl/α,β-unsaturated/α-hetero) is 1. The number of thiophene rings is 1. The number of methoxy groups -OCH3 is 1. The lowest BCUT2D eigenvalue weighted by atomic mass is 9.76. The molecule has 0 spiro atoms. The molecule has 21 heavy (non-hydrogen) atoms. The van der Waals surface area contributed by atoms with Crippen molar-refractivity contribution in [3.63, 3.8) is 0 Å². The molecule has 2 heterocycles. The number of carbonyl (C=O) groups is 2. The summed E-state index contributed by atoms with van der Waals surface area (Å²) in [6.07, 6.45) is 2.27. The van der Waals surface area contributed by atoms with Gasteiger partial charge in [-0.3, -0.25) is 4.79 Å². The van der Waals surface area contributed by atoms with E-state index in [1.54, 1.807) is 11.3 Å². The molecule has 1 atom stereocenters. The number of nitrogens with one attached hydrogen (secondary N) is 1. The molecule has 5 heteroatoms. The zero-order valence-corrected chi connectivity index (χ0v) is 12.9. The van der Waals surface area contributed by atoms with Crippen LogP contribution in [0.25, 0.3) is 0 Å². The Bertz CT molecular complexity index is 655. The number of rotatable bonds is 2. The fraction of sp³-hybridized carbons (Fsp3) is 0.375. The molecule has 2 aliphatic rings. The van der Waals surface area contributed by atoms with Crippen LogP contribution in [-0.2, 0) is 14.3 Å². The first kappa shape index (κ1) is 14.1. The Kier molecular flexibility index (Phi) is 3.68. The van der Waals surface area contributed by atoms with Crippen LogP contribution in [0.15, 0.2) is 39.4 Å². The first-order chi connectivity index (χ1) is 10.1. The Hall–Kier alpha value is -1.88. The van der Waals surface area contributed by atoms with Gasteiger partial charge in [0, 0.05) is 29.3 Å². The van der Waals surface area contributed by atoms with Crippen molar-refractivity contribution in [1.29, 1.82) is 0 Å². The molecule has 1 aliphatic carbocycles. The van der Waals surface area contributed by atoms with E-state index in [9.17, 15) is 9.59 Å². The molecule has 0 bridgehead atoms. The summed E-state index contributed by atoms with van der Waals surface area (Å²) in [5.41, 5.74) is 4.03. The second-order valence-corrected chi connectivity index (χ2v) is 6.09. The van der Waals surface area contributed by atoms with E-state index < -0.39 is 0 Å². The first-order valence-corrected chi connectivity index (χ1v) is 7.92. The van der Waals surface area contributed by atoms with Crippen LogP contribution >= 0.6 is 11.3 Å². The average molecular weight is 303 g/mol. The van der Waals surface area contributed by atoms with Crippen molar-refractivity contribution in [3.8, 4) is 0 Å². The lowest BCUT2D eigenvalue weighted by Gasteiger charge is -2.33. The molecular weight excluding hydrogens is 286 g/mol. The van der Waals surface area contributed by atoms with Gasteiger partial charge in [0.2, 0.25) is 0 Å². The van der Waals surface area contributed by atoms with E-state index in [1.165, 1.54) is 7.11 Å². The van der Waals surface area contributed by atoms with Gasteiger partial charge in [0.1, 0.15) is 0 Å². The monoisotopic (exact) mass is 303 g/mol. The van der Waals surface area contributed by atoms with Gasteiger partial charge in [-0.1, -0.05) is 0 Å². The third-order valence-corrected chi connectivity index (χ3v) is 4.76. The van der Waals surface area contributed by atoms with Crippen molar-refractivity contribution in [3.05, 3.63) is 44.9 Å². The summed E-state index contributed by atoms with van der Waals surface area (Å²) in [6, 6.07) is 1.98. The highest BCUT2D eigenvalue weighted by molar-refractivity contribution is 7.08. The van der Waals surface area contributed by atoms with Gasteiger partial charge in [-0.2, -0.15) is 11.3 Å². The van der Waals surface area contributed by atoms with Gasteiger partial charge >= 0.3 is 5.97 Å². The van der Waals surface area contributed by atoms with Crippen molar-refractivity contribution in [2.75, 3.05) is 7.11 Å². The lowest BCUT2D eigenvalue weighted by Crippen LogP contribution is -2.34. The van der Waals surface area contributed by atoms with Crippen LogP contribution in [0.2, 0.25) is 0 Å². The SMILES string of the molecule is COC(=O)C1=C(C)NC2=C(C(=O)CCC2)[C@@H]1c1ccsc1. The van der Waals surface area contributed by atoms with Gasteiger partial charge in [-0.05, 0) is 42.2 Å². The quantitative estimate of drug-likeness (QED) is 0.854. The second kappa shape index (κ2) is 5.48. The minimum atomic E-state index is -0.374. The Morgan fingerprint density at radius 2 is 2.24 bits per heavy atom. The molecule has 0 unspecified atom stereocenters. The first-order valence-electron chi connectivity index (χ1n) is 6.98. The van der Waals surface area contributed by atoms with Crippen LogP contribution < -0.4 is 5.32 Å². The summed E-state index contributed by atoms with van der Waals surface area (Å²) in [4.78, 5) is 24.6. The minimum Gasteiger partial charge on any atom is -0.466 e. The fourth-order valence-corrected chi connectivity index (χ4v) is 3.82. The maximum Gasteiger partial charge on any atom is 0.336 e. The van der Waals surface area contributed by atoms with E-state index in [0.29, 0.717) is 12.0 Å². The molecule has 4 nitrogen and oxygen atoms in total. The lowest BCUT2D eigenvalue weighted by molar-refractivity contribution is -0.136. The third-order valence-electron chi connectivity index (χ3n) is 4.06. The summed E-state index contributed by atoms with van der Waals surface area (Å²) in [6.45, 7) is 1.87. The summed E-state index contributed by atoms with van der Waals surface area (Å²) in [5.74, 6) is -0.539. The smallest absolute Gasteiger partial charge is 0.336 e. The predicted octanol–water partition coefficient (Wildman–Crippen LogP) is 2.89. The zero-order chi connectivity index (χ0) is 15.0. The van der Waals surface area contributed by atoms with Crippen LogP contribution in [0.4, 0.5) is 0 Å². The summed E-state index contributed by atoms with van der Waals surface area (Å²) < 4.78 is 4.94. The molecule has 1 aromatic rings. The Balaban J connectivity index is 2.17. The molecule has 0 saturated carbocycles. The molecule has 1 N–H and O–H groups in total. The zero-order valence-electron chi connectivity index (χ0n) is 12.1. The number of allylic oxidation sites excluding steroid dienone is 3. The maximum atomic E-state index is 12.4. The molecule has 0 saturated heterocycles. The van der Waals surface area contributed by atoms with Crippen molar-refractivity contribution in [1.82, 2.24) is 5.32 Å². The number of carbonyl (C=O) groups excluding carboxylic acids is 2. The number of hydrogen-bond acceptors (Lipinski definition) is 5. The van der Waals surface area contributed by atoms with E-state index >= 15 is 0 Å². The van der Waals surface area contributed by atoms with Crippen LogP contribution in [0.3, 0.4) is 0 Å². The Morgan fingerprint density at radius 1 is 1.43 bits per heavy atom. The van der Waals surface area contributed by atoms with Gasteiger partial charge in [0.15, 0.2) is 5.78 Å². The van der Waals surface area contributed by atoms with Crippen LogP contribution in [0.5, 0.6) is 0 Å². The predicted molar refractivity (Wildman–Crippen MR) is 80.8 cm³/mol. The van der Waals surface area contributed by atoms with E-state index in [2.05, 4.69) is 5.32 Å². The van der Waals surface area contributed by atoms with Crippen LogP contribution in [0, 0.1) is 0 Å². The Morgan fingerprint density at radius 3 is 2.90 bits per heavy atom. The summed E-state index contributed by atoms with van der Waals surface area (Å²) in [7, 11) is 1.37. The highest BCUT2D eigenvalue weighted by Gasteiger charge is 2.38. The van der Waals surface area contributed by atoms with Gasteiger partial charge < -0.3 is 10.1 Å². The standard InChI is InChI=1S/C16H17NO3S/c1-9-13(16(19)20-2)14(10-6-7-21-8-10)15-11(17-9)4-3-5-12(15)18/h6-8,14,17H,3-5H2,1-2H3/t14-/m1/s1. The highest BCUT2D eigenvalue weighted by Crippen LogP contribution is 2.42. The van der Waals surface area contributed by atoms with E-state index in [0.717, 1.165) is 35.4 Å². The van der Waals surface area contributed by atoms with Crippen molar-refractivity contribution >= 4 is 23.1 Å². The molecule has 0 fully saturated rings. The van der Waals surface area contributed by atoms with Gasteiger partial charge in [0.05, 0.1) is 12.7 Å². The normalized spacial score (nSPS) is 22.0. The second-order valence-electron chi connectivity index (χ2n) is 5.31. The van der Waals surface area contributed by atoms with Crippen molar-refractivity contribution in [2.45, 2.75) is 32.1 Å². The molecule has 3 rings (SSSR count). The molecule has 0 radical (unpaired) electrons. The summed E-state index contributed by atoms with van der Waals surface area (Å²) in [5, 5.41) is 7.21. The number of ether oxygens (including phenoxy) is 1. The highest BCUT2D eigenvalue weighted by atomic mass is 32.1. The van der Waals surface area contributed by atoms with Gasteiger partial charge in [0.25, 0.3) is 0 Å². The number of esters is 1.